The molecular weight excluding hydrogens is 252 g/mol. The van der Waals surface area contributed by atoms with E-state index in [2.05, 4.69) is 27.4 Å². The van der Waals surface area contributed by atoms with Gasteiger partial charge in [0.15, 0.2) is 0 Å². The fourth-order valence-electron chi connectivity index (χ4n) is 2.18. The van der Waals surface area contributed by atoms with Crippen LogP contribution in [0.2, 0.25) is 0 Å². The third kappa shape index (κ3) is 7.92. The van der Waals surface area contributed by atoms with Crippen LogP contribution in [-0.2, 0) is 4.79 Å². The molecule has 1 rings (SSSR count). The van der Waals surface area contributed by atoms with Crippen LogP contribution in [0.5, 0.6) is 0 Å². The molecule has 0 atom stereocenters. The Labute approximate surface area is 122 Å². The molecule has 0 fully saturated rings. The van der Waals surface area contributed by atoms with E-state index in [1.54, 1.807) is 0 Å². The lowest BCUT2D eigenvalue weighted by Crippen LogP contribution is -2.12. The minimum Gasteiger partial charge on any atom is -0.293 e. The molecule has 0 spiro atoms. The van der Waals surface area contributed by atoms with Gasteiger partial charge in [-0.1, -0.05) is 58.3 Å². The van der Waals surface area contributed by atoms with E-state index >= 15 is 0 Å². The number of nitrogens with one attached hydrogen (secondary N) is 2. The van der Waals surface area contributed by atoms with E-state index in [4.69, 9.17) is 0 Å². The number of hydrogen-bond donors (Lipinski definition) is 2. The summed E-state index contributed by atoms with van der Waals surface area (Å²) in [6.45, 7) is 4.05. The zero-order chi connectivity index (χ0) is 14.6. The van der Waals surface area contributed by atoms with Crippen molar-refractivity contribution < 1.29 is 4.79 Å². The van der Waals surface area contributed by atoms with E-state index in [1.165, 1.54) is 44.9 Å². The van der Waals surface area contributed by atoms with Crippen LogP contribution in [0.1, 0.15) is 77.0 Å². The van der Waals surface area contributed by atoms with Crippen molar-refractivity contribution in [2.75, 3.05) is 5.32 Å². The number of H-pyrrole nitrogens is 1. The first-order chi connectivity index (χ1) is 9.72. The highest BCUT2D eigenvalue weighted by Crippen LogP contribution is 2.10. The average molecular weight is 280 g/mol. The van der Waals surface area contributed by atoms with Crippen molar-refractivity contribution >= 4 is 11.9 Å². The van der Waals surface area contributed by atoms with Gasteiger partial charge >= 0.3 is 0 Å². The number of hydrogen-bond acceptors (Lipinski definition) is 3. The van der Waals surface area contributed by atoms with Crippen molar-refractivity contribution in [2.24, 2.45) is 0 Å². The van der Waals surface area contributed by atoms with Crippen molar-refractivity contribution in [2.45, 2.75) is 78.1 Å². The van der Waals surface area contributed by atoms with Crippen LogP contribution in [0.15, 0.2) is 0 Å². The summed E-state index contributed by atoms with van der Waals surface area (Å²) in [7, 11) is 0. The zero-order valence-corrected chi connectivity index (χ0v) is 12.9. The Morgan fingerprint density at radius 2 is 1.65 bits per heavy atom. The van der Waals surface area contributed by atoms with Crippen molar-refractivity contribution in [3.05, 3.63) is 5.82 Å². The van der Waals surface area contributed by atoms with Gasteiger partial charge in [0, 0.05) is 6.42 Å². The van der Waals surface area contributed by atoms with Gasteiger partial charge < -0.3 is 0 Å². The number of anilines is 1. The fraction of sp³-hybridized carbons (Fsp3) is 0.800. The lowest BCUT2D eigenvalue weighted by atomic mass is 10.1. The highest BCUT2D eigenvalue weighted by atomic mass is 16.1. The molecule has 2 N–H and O–H groups in total. The summed E-state index contributed by atoms with van der Waals surface area (Å²) in [5, 5.41) is 9.28. The van der Waals surface area contributed by atoms with E-state index in [0.29, 0.717) is 18.2 Å². The van der Waals surface area contributed by atoms with Gasteiger partial charge in [-0.05, 0) is 13.3 Å². The summed E-state index contributed by atoms with van der Waals surface area (Å²) in [5.41, 5.74) is 0. The second-order valence-corrected chi connectivity index (χ2v) is 5.37. The average Bonchev–Trinajstić information content (AvgIpc) is 2.82. The molecule has 20 heavy (non-hydrogen) atoms. The van der Waals surface area contributed by atoms with Crippen LogP contribution in [0.25, 0.3) is 0 Å². The van der Waals surface area contributed by atoms with Gasteiger partial charge in [0.2, 0.25) is 11.9 Å². The molecule has 1 heterocycles. The van der Waals surface area contributed by atoms with E-state index in [1.807, 2.05) is 6.92 Å². The van der Waals surface area contributed by atoms with Crippen LogP contribution < -0.4 is 5.32 Å². The second kappa shape index (κ2) is 10.4. The largest absolute Gasteiger partial charge is 0.293 e. The quantitative estimate of drug-likeness (QED) is 0.602. The number of nitrogens with zero attached hydrogens (tertiary/aromatic N) is 2. The SMILES string of the molecule is CCCCCCCCCCCC(=O)Nc1n[nH]c(C)n1. The monoisotopic (exact) mass is 280 g/mol. The maximum absolute atomic E-state index is 11.6. The smallest absolute Gasteiger partial charge is 0.248 e. The molecular formula is C15H28N4O. The number of carbonyl (C=O) groups excluding carboxylic acids is 1. The Bertz CT molecular complexity index is 376. The number of amides is 1. The Balaban J connectivity index is 1.92. The first-order valence-corrected chi connectivity index (χ1v) is 7.91. The molecule has 0 bridgehead atoms. The molecule has 0 aliphatic carbocycles. The van der Waals surface area contributed by atoms with E-state index in [-0.39, 0.29) is 5.91 Å². The maximum Gasteiger partial charge on any atom is 0.248 e. The van der Waals surface area contributed by atoms with Crippen molar-refractivity contribution in [3.63, 3.8) is 0 Å². The number of rotatable bonds is 11. The molecule has 1 aromatic heterocycles. The number of carbonyl (C=O) groups is 1. The summed E-state index contributed by atoms with van der Waals surface area (Å²) in [6.07, 6.45) is 11.9. The number of aryl methyl sites for hydroxylation is 1. The molecule has 0 aliphatic heterocycles. The van der Waals surface area contributed by atoms with Crippen LogP contribution in [0, 0.1) is 6.92 Å². The van der Waals surface area contributed by atoms with Gasteiger partial charge in [0.1, 0.15) is 5.82 Å². The van der Waals surface area contributed by atoms with Gasteiger partial charge in [-0.15, -0.1) is 5.10 Å². The molecule has 1 amide bonds. The van der Waals surface area contributed by atoms with Gasteiger partial charge in [-0.2, -0.15) is 4.98 Å². The number of unbranched alkanes of at least 4 members (excludes halogenated alkanes) is 8. The highest BCUT2D eigenvalue weighted by molar-refractivity contribution is 5.88. The lowest BCUT2D eigenvalue weighted by molar-refractivity contribution is -0.116. The molecule has 5 heteroatoms. The lowest BCUT2D eigenvalue weighted by Gasteiger charge is -2.02. The number of aromatic nitrogens is 3. The van der Waals surface area contributed by atoms with Crippen LogP contribution in [0.3, 0.4) is 0 Å². The van der Waals surface area contributed by atoms with Crippen molar-refractivity contribution in [1.29, 1.82) is 0 Å². The molecule has 0 aromatic carbocycles. The predicted octanol–water partition coefficient (Wildman–Crippen LogP) is 3.97. The summed E-state index contributed by atoms with van der Waals surface area (Å²) >= 11 is 0. The number of aromatic amines is 1. The maximum atomic E-state index is 11.6. The van der Waals surface area contributed by atoms with Crippen molar-refractivity contribution in [1.82, 2.24) is 15.2 Å². The standard InChI is InChI=1S/C15H28N4O/c1-3-4-5-6-7-8-9-10-11-12-14(20)17-15-16-13(2)18-19-15/h3-12H2,1-2H3,(H2,16,17,18,19,20). The molecule has 0 saturated heterocycles. The third-order valence-corrected chi connectivity index (χ3v) is 3.36. The molecule has 0 radical (unpaired) electrons. The van der Waals surface area contributed by atoms with Gasteiger partial charge in [0.25, 0.3) is 0 Å². The molecule has 0 unspecified atom stereocenters. The summed E-state index contributed by atoms with van der Waals surface area (Å²) < 4.78 is 0. The minimum absolute atomic E-state index is 0.00643. The molecule has 1 aromatic rings. The topological polar surface area (TPSA) is 70.7 Å². The van der Waals surface area contributed by atoms with Gasteiger partial charge in [-0.3, -0.25) is 15.2 Å². The van der Waals surface area contributed by atoms with Crippen LogP contribution in [0.4, 0.5) is 5.95 Å². The Morgan fingerprint density at radius 1 is 1.05 bits per heavy atom. The molecule has 5 nitrogen and oxygen atoms in total. The summed E-state index contributed by atoms with van der Waals surface area (Å²) in [5.74, 6) is 1.10. The molecule has 0 saturated carbocycles. The van der Waals surface area contributed by atoms with E-state index in [0.717, 1.165) is 12.8 Å². The second-order valence-electron chi connectivity index (χ2n) is 5.37. The van der Waals surface area contributed by atoms with Gasteiger partial charge in [0.05, 0.1) is 0 Å². The Kier molecular flexibility index (Phi) is 8.67. The molecule has 114 valence electrons. The predicted molar refractivity (Wildman–Crippen MR) is 81.6 cm³/mol. The van der Waals surface area contributed by atoms with Crippen LogP contribution >= 0.6 is 0 Å². The van der Waals surface area contributed by atoms with E-state index < -0.39 is 0 Å². The highest BCUT2D eigenvalue weighted by Gasteiger charge is 2.05. The fourth-order valence-corrected chi connectivity index (χ4v) is 2.18. The normalized spacial score (nSPS) is 10.7. The Hall–Kier alpha value is -1.39. The van der Waals surface area contributed by atoms with E-state index in [9.17, 15) is 4.79 Å². The van der Waals surface area contributed by atoms with Gasteiger partial charge in [-0.25, -0.2) is 0 Å². The zero-order valence-electron chi connectivity index (χ0n) is 12.9. The van der Waals surface area contributed by atoms with Crippen LogP contribution in [-0.4, -0.2) is 21.1 Å². The Morgan fingerprint density at radius 3 is 2.20 bits per heavy atom. The summed E-state index contributed by atoms with van der Waals surface area (Å²) in [6, 6.07) is 0. The molecule has 0 aliphatic rings. The summed E-state index contributed by atoms with van der Waals surface area (Å²) in [4.78, 5) is 15.7. The first kappa shape index (κ1) is 16.7. The van der Waals surface area contributed by atoms with Crippen molar-refractivity contribution in [3.8, 4) is 0 Å². The first-order valence-electron chi connectivity index (χ1n) is 7.91. The minimum atomic E-state index is 0.00643. The third-order valence-electron chi connectivity index (χ3n) is 3.36.